The number of aliphatic imine (C=N–C) groups is 1. The number of anilines is 1. The lowest BCUT2D eigenvalue weighted by molar-refractivity contribution is -0.119. The van der Waals surface area contributed by atoms with E-state index in [1.807, 2.05) is 55.5 Å². The van der Waals surface area contributed by atoms with Crippen LogP contribution in [0.1, 0.15) is 18.9 Å². The SMILES string of the molecule is CCNC(=NCC(=O)NCc1ccc(OC)cc1)Nc1cccc(OCCCOC)c1.I. The van der Waals surface area contributed by atoms with Crippen molar-refractivity contribution < 1.29 is 19.0 Å². The molecule has 9 heteroatoms. The molecule has 8 nitrogen and oxygen atoms in total. The third-order valence-electron chi connectivity index (χ3n) is 4.23. The number of nitrogens with zero attached hydrogens (tertiary/aromatic N) is 1. The van der Waals surface area contributed by atoms with Crippen LogP contribution in [0, 0.1) is 0 Å². The molecule has 0 fully saturated rings. The van der Waals surface area contributed by atoms with Gasteiger partial charge in [0.05, 0.1) is 13.7 Å². The monoisotopic (exact) mass is 556 g/mol. The summed E-state index contributed by atoms with van der Waals surface area (Å²) >= 11 is 0. The van der Waals surface area contributed by atoms with E-state index in [9.17, 15) is 4.79 Å². The van der Waals surface area contributed by atoms with Gasteiger partial charge in [0, 0.05) is 45.0 Å². The van der Waals surface area contributed by atoms with Gasteiger partial charge in [-0.15, -0.1) is 24.0 Å². The molecule has 176 valence electrons. The number of ether oxygens (including phenoxy) is 3. The molecule has 1 amide bonds. The standard InChI is InChI=1S/C23H32N4O4.HI/c1-4-24-23(27-19-7-5-8-21(15-19)31-14-6-13-29-2)26-17-22(28)25-16-18-9-11-20(30-3)12-10-18;/h5,7-12,15H,4,6,13-14,16-17H2,1-3H3,(H,25,28)(H2,24,26,27);1H. The first-order chi connectivity index (χ1) is 15.1. The second kappa shape index (κ2) is 16.2. The highest BCUT2D eigenvalue weighted by molar-refractivity contribution is 14.0. The molecule has 0 aliphatic rings. The number of methoxy groups -OCH3 is 2. The number of guanidine groups is 1. The maximum absolute atomic E-state index is 12.2. The zero-order valence-electron chi connectivity index (χ0n) is 18.8. The Hall–Kier alpha value is -2.53. The van der Waals surface area contributed by atoms with Crippen molar-refractivity contribution in [3.05, 3.63) is 54.1 Å². The second-order valence-corrected chi connectivity index (χ2v) is 6.67. The highest BCUT2D eigenvalue weighted by Crippen LogP contribution is 2.17. The lowest BCUT2D eigenvalue weighted by Gasteiger charge is -2.13. The summed E-state index contributed by atoms with van der Waals surface area (Å²) in [4.78, 5) is 16.6. The zero-order chi connectivity index (χ0) is 22.3. The normalized spacial score (nSPS) is 10.7. The molecule has 0 aliphatic heterocycles. The minimum atomic E-state index is -0.164. The molecule has 0 atom stereocenters. The Morgan fingerprint density at radius 2 is 1.78 bits per heavy atom. The second-order valence-electron chi connectivity index (χ2n) is 6.67. The summed E-state index contributed by atoms with van der Waals surface area (Å²) in [6.45, 7) is 4.34. The quantitative estimate of drug-likeness (QED) is 0.161. The number of hydrogen-bond donors (Lipinski definition) is 3. The predicted octanol–water partition coefficient (Wildman–Crippen LogP) is 3.42. The van der Waals surface area contributed by atoms with Crippen molar-refractivity contribution in [1.29, 1.82) is 0 Å². The Kier molecular flexibility index (Phi) is 13.9. The van der Waals surface area contributed by atoms with Crippen LogP contribution in [-0.4, -0.2) is 52.4 Å². The van der Waals surface area contributed by atoms with Gasteiger partial charge >= 0.3 is 0 Å². The van der Waals surface area contributed by atoms with Crippen LogP contribution < -0.4 is 25.4 Å². The fourth-order valence-corrected chi connectivity index (χ4v) is 2.65. The Morgan fingerprint density at radius 1 is 1.00 bits per heavy atom. The predicted molar refractivity (Wildman–Crippen MR) is 138 cm³/mol. The molecule has 0 radical (unpaired) electrons. The maximum Gasteiger partial charge on any atom is 0.242 e. The van der Waals surface area contributed by atoms with Gasteiger partial charge in [-0.3, -0.25) is 4.79 Å². The van der Waals surface area contributed by atoms with Crippen molar-refractivity contribution in [2.45, 2.75) is 19.9 Å². The zero-order valence-corrected chi connectivity index (χ0v) is 21.2. The van der Waals surface area contributed by atoms with Crippen LogP contribution in [0.3, 0.4) is 0 Å². The minimum absolute atomic E-state index is 0. The highest BCUT2D eigenvalue weighted by Gasteiger charge is 2.05. The number of nitrogens with one attached hydrogen (secondary N) is 3. The van der Waals surface area contributed by atoms with Gasteiger partial charge in [0.2, 0.25) is 5.91 Å². The number of amides is 1. The van der Waals surface area contributed by atoms with E-state index in [4.69, 9.17) is 14.2 Å². The van der Waals surface area contributed by atoms with Gasteiger partial charge in [0.25, 0.3) is 0 Å². The van der Waals surface area contributed by atoms with E-state index in [1.165, 1.54) is 0 Å². The molecular weight excluding hydrogens is 523 g/mol. The Bertz CT molecular complexity index is 831. The van der Waals surface area contributed by atoms with Gasteiger partial charge in [-0.25, -0.2) is 4.99 Å². The number of carbonyl (C=O) groups excluding carboxylic acids is 1. The fourth-order valence-electron chi connectivity index (χ4n) is 2.65. The molecule has 0 unspecified atom stereocenters. The van der Waals surface area contributed by atoms with E-state index in [0.29, 0.717) is 32.3 Å². The lowest BCUT2D eigenvalue weighted by atomic mass is 10.2. The van der Waals surface area contributed by atoms with E-state index in [2.05, 4.69) is 20.9 Å². The first-order valence-corrected chi connectivity index (χ1v) is 10.3. The molecule has 32 heavy (non-hydrogen) atoms. The number of rotatable bonds is 12. The van der Waals surface area contributed by atoms with E-state index in [1.54, 1.807) is 14.2 Å². The third-order valence-corrected chi connectivity index (χ3v) is 4.23. The molecule has 2 aromatic carbocycles. The van der Waals surface area contributed by atoms with Crippen molar-refractivity contribution in [1.82, 2.24) is 10.6 Å². The molecule has 0 spiro atoms. The number of halogens is 1. The molecular formula is C23H33IN4O4. The molecule has 0 saturated heterocycles. The summed E-state index contributed by atoms with van der Waals surface area (Å²) in [6.07, 6.45) is 0.823. The van der Waals surface area contributed by atoms with Crippen LogP contribution in [0.25, 0.3) is 0 Å². The number of hydrogen-bond acceptors (Lipinski definition) is 5. The summed E-state index contributed by atoms with van der Waals surface area (Å²) in [7, 11) is 3.29. The molecule has 3 N–H and O–H groups in total. The van der Waals surface area contributed by atoms with Crippen LogP contribution in [0.4, 0.5) is 5.69 Å². The third kappa shape index (κ3) is 10.7. The summed E-state index contributed by atoms with van der Waals surface area (Å²) in [5.74, 6) is 1.90. The van der Waals surface area contributed by atoms with Gasteiger partial charge in [0.1, 0.15) is 18.0 Å². The maximum atomic E-state index is 12.2. The molecule has 0 aromatic heterocycles. The first kappa shape index (κ1) is 27.5. The summed E-state index contributed by atoms with van der Waals surface area (Å²) in [5.41, 5.74) is 1.81. The minimum Gasteiger partial charge on any atom is -0.497 e. The average molecular weight is 556 g/mol. The average Bonchev–Trinajstić information content (AvgIpc) is 2.79. The van der Waals surface area contributed by atoms with E-state index in [0.717, 1.165) is 29.2 Å². The van der Waals surface area contributed by atoms with Gasteiger partial charge in [-0.1, -0.05) is 18.2 Å². The topological polar surface area (TPSA) is 93.2 Å². The van der Waals surface area contributed by atoms with Gasteiger partial charge in [-0.05, 0) is 36.8 Å². The molecule has 0 aliphatic carbocycles. The van der Waals surface area contributed by atoms with Gasteiger partial charge in [0.15, 0.2) is 5.96 Å². The lowest BCUT2D eigenvalue weighted by Crippen LogP contribution is -2.33. The molecule has 0 bridgehead atoms. The van der Waals surface area contributed by atoms with Crippen molar-refractivity contribution >= 4 is 41.5 Å². The van der Waals surface area contributed by atoms with Crippen LogP contribution in [0.2, 0.25) is 0 Å². The van der Waals surface area contributed by atoms with Crippen molar-refractivity contribution in [3.63, 3.8) is 0 Å². The first-order valence-electron chi connectivity index (χ1n) is 10.3. The van der Waals surface area contributed by atoms with E-state index < -0.39 is 0 Å². The largest absolute Gasteiger partial charge is 0.497 e. The Balaban J connectivity index is 0.00000512. The molecule has 0 saturated carbocycles. The van der Waals surface area contributed by atoms with Gasteiger partial charge < -0.3 is 30.2 Å². The van der Waals surface area contributed by atoms with Crippen LogP contribution in [-0.2, 0) is 16.1 Å². The van der Waals surface area contributed by atoms with Crippen molar-refractivity contribution in [2.75, 3.05) is 45.8 Å². The molecule has 2 aromatic rings. The van der Waals surface area contributed by atoms with E-state index >= 15 is 0 Å². The van der Waals surface area contributed by atoms with Crippen LogP contribution >= 0.6 is 24.0 Å². The van der Waals surface area contributed by atoms with Crippen molar-refractivity contribution in [2.24, 2.45) is 4.99 Å². The Morgan fingerprint density at radius 3 is 2.47 bits per heavy atom. The fraction of sp³-hybridized carbons (Fsp3) is 0.391. The van der Waals surface area contributed by atoms with Crippen LogP contribution in [0.5, 0.6) is 11.5 Å². The molecule has 2 rings (SSSR count). The summed E-state index contributed by atoms with van der Waals surface area (Å²) < 4.78 is 15.9. The summed E-state index contributed by atoms with van der Waals surface area (Å²) in [5, 5.41) is 9.21. The van der Waals surface area contributed by atoms with E-state index in [-0.39, 0.29) is 36.4 Å². The number of benzene rings is 2. The number of carbonyl (C=O) groups is 1. The Labute approximate surface area is 207 Å². The highest BCUT2D eigenvalue weighted by atomic mass is 127. The van der Waals surface area contributed by atoms with Crippen molar-refractivity contribution in [3.8, 4) is 11.5 Å². The van der Waals surface area contributed by atoms with Gasteiger partial charge in [-0.2, -0.15) is 0 Å². The van der Waals surface area contributed by atoms with Crippen LogP contribution in [0.15, 0.2) is 53.5 Å². The smallest absolute Gasteiger partial charge is 0.242 e. The molecule has 0 heterocycles. The summed E-state index contributed by atoms with van der Waals surface area (Å²) in [6, 6.07) is 15.2.